The van der Waals surface area contributed by atoms with Crippen molar-refractivity contribution >= 4 is 39.9 Å². The van der Waals surface area contributed by atoms with Gasteiger partial charge >= 0.3 is 5.97 Å². The predicted molar refractivity (Wildman–Crippen MR) is 156 cm³/mol. The third-order valence-electron chi connectivity index (χ3n) is 7.46. The van der Waals surface area contributed by atoms with Gasteiger partial charge in [0.15, 0.2) is 5.75 Å². The summed E-state index contributed by atoms with van der Waals surface area (Å²) >= 11 is 0. The summed E-state index contributed by atoms with van der Waals surface area (Å²) < 4.78 is 7.02. The molecule has 0 saturated carbocycles. The van der Waals surface area contributed by atoms with Crippen LogP contribution < -0.4 is 20.8 Å². The highest BCUT2D eigenvalue weighted by atomic mass is 17.2. The molecule has 40 heavy (non-hydrogen) atoms. The molecule has 11 heteroatoms. The SMILES string of the molecule is COOc1cc(N(C)CC2CCCN2C)c(N)cc1Nc1ncc(C(=O)OC)c(-c2cn(C)c3ccccc23)n1. The number of likely N-dealkylation sites (tertiary alicyclic amines) is 1. The number of carbonyl (C=O) groups excluding carboxylic acids is 1. The summed E-state index contributed by atoms with van der Waals surface area (Å²) in [6, 6.07) is 12.0. The third-order valence-corrected chi connectivity index (χ3v) is 7.46. The Morgan fingerprint density at radius 2 is 2.02 bits per heavy atom. The van der Waals surface area contributed by atoms with Crippen LogP contribution >= 0.6 is 0 Å². The molecule has 0 bridgehead atoms. The van der Waals surface area contributed by atoms with Gasteiger partial charge in [0.2, 0.25) is 5.95 Å². The Balaban J connectivity index is 1.51. The van der Waals surface area contributed by atoms with Crippen molar-refractivity contribution in [2.75, 3.05) is 57.4 Å². The van der Waals surface area contributed by atoms with Crippen molar-refractivity contribution in [3.63, 3.8) is 0 Å². The summed E-state index contributed by atoms with van der Waals surface area (Å²) in [4.78, 5) is 36.9. The van der Waals surface area contributed by atoms with Crippen LogP contribution in [0.3, 0.4) is 0 Å². The molecule has 0 radical (unpaired) electrons. The number of benzene rings is 2. The lowest BCUT2D eigenvalue weighted by Crippen LogP contribution is -2.36. The average molecular weight is 546 g/mol. The highest BCUT2D eigenvalue weighted by Gasteiger charge is 2.24. The number of nitrogens with zero attached hydrogens (tertiary/aromatic N) is 5. The van der Waals surface area contributed by atoms with E-state index in [0.29, 0.717) is 28.9 Å². The molecule has 1 aliphatic rings. The molecule has 1 unspecified atom stereocenters. The maximum absolute atomic E-state index is 12.7. The van der Waals surface area contributed by atoms with Gasteiger partial charge in [-0.3, -0.25) is 0 Å². The number of nitrogen functional groups attached to an aromatic ring is 1. The lowest BCUT2D eigenvalue weighted by molar-refractivity contribution is -0.177. The molecule has 3 N–H and O–H groups in total. The zero-order valence-electron chi connectivity index (χ0n) is 23.5. The van der Waals surface area contributed by atoms with Crippen LogP contribution in [0.1, 0.15) is 23.2 Å². The maximum Gasteiger partial charge on any atom is 0.341 e. The summed E-state index contributed by atoms with van der Waals surface area (Å²) in [6.45, 7) is 1.94. The summed E-state index contributed by atoms with van der Waals surface area (Å²) in [5.74, 6) is 0.151. The van der Waals surface area contributed by atoms with Gasteiger partial charge in [-0.25, -0.2) is 14.8 Å². The van der Waals surface area contributed by atoms with Crippen molar-refractivity contribution in [3.8, 4) is 17.0 Å². The van der Waals surface area contributed by atoms with Gasteiger partial charge in [-0.2, -0.15) is 4.89 Å². The molecule has 11 nitrogen and oxygen atoms in total. The Hall–Kier alpha value is -4.35. The molecule has 210 valence electrons. The fraction of sp³-hybridized carbons (Fsp3) is 0.345. The molecule has 0 aliphatic carbocycles. The lowest BCUT2D eigenvalue weighted by Gasteiger charge is -2.28. The van der Waals surface area contributed by atoms with E-state index in [0.717, 1.165) is 41.7 Å². The summed E-state index contributed by atoms with van der Waals surface area (Å²) in [6.07, 6.45) is 5.74. The number of aryl methyl sites for hydroxylation is 1. The van der Waals surface area contributed by atoms with E-state index in [-0.39, 0.29) is 11.5 Å². The van der Waals surface area contributed by atoms with Crippen molar-refractivity contribution in [2.24, 2.45) is 7.05 Å². The molecular formula is C29H35N7O4. The maximum atomic E-state index is 12.7. The van der Waals surface area contributed by atoms with Crippen molar-refractivity contribution in [3.05, 3.63) is 54.4 Å². The first kappa shape index (κ1) is 27.2. The number of carbonyl (C=O) groups is 1. The Bertz CT molecular complexity index is 1540. The third kappa shape index (κ3) is 5.25. The van der Waals surface area contributed by atoms with E-state index in [1.165, 1.54) is 26.8 Å². The first-order valence-electron chi connectivity index (χ1n) is 13.1. The standard InChI is InChI=1S/C29H35N7O4/c1-34-12-8-9-18(34)16-35(2)25-14-26(40-39-5)23(13-22(25)30)32-29-31-15-20(28(37)38-4)27(33-29)21-17-36(3)24-11-7-6-10-19(21)24/h6-7,10-11,13-15,17-18H,8-9,12,16,30H2,1-5H3,(H,31,32,33). The smallest absolute Gasteiger partial charge is 0.341 e. The van der Waals surface area contributed by atoms with Gasteiger partial charge in [0.05, 0.1) is 37.0 Å². The second-order valence-electron chi connectivity index (χ2n) is 10.1. The Labute approximate surface area is 233 Å². The molecule has 3 heterocycles. The molecule has 1 aliphatic heterocycles. The highest BCUT2D eigenvalue weighted by molar-refractivity contribution is 6.03. The number of para-hydroxylation sites is 1. The highest BCUT2D eigenvalue weighted by Crippen LogP contribution is 2.38. The van der Waals surface area contributed by atoms with Gasteiger partial charge in [0, 0.05) is 61.6 Å². The van der Waals surface area contributed by atoms with E-state index in [4.69, 9.17) is 25.2 Å². The van der Waals surface area contributed by atoms with E-state index in [2.05, 4.69) is 27.1 Å². The molecular weight excluding hydrogens is 510 g/mol. The first-order chi connectivity index (χ1) is 19.3. The minimum atomic E-state index is -0.526. The number of nitrogens with two attached hydrogens (primary N) is 1. The molecule has 0 spiro atoms. The van der Waals surface area contributed by atoms with Crippen molar-refractivity contribution in [1.29, 1.82) is 0 Å². The van der Waals surface area contributed by atoms with E-state index < -0.39 is 5.97 Å². The number of aromatic nitrogens is 3. The van der Waals surface area contributed by atoms with Gasteiger partial charge in [-0.15, -0.1) is 0 Å². The van der Waals surface area contributed by atoms with Crippen LogP contribution in [-0.2, 0) is 16.7 Å². The normalized spacial score (nSPS) is 15.4. The number of fused-ring (bicyclic) bond motifs is 1. The van der Waals surface area contributed by atoms with Crippen LogP contribution in [0.2, 0.25) is 0 Å². The topological polar surface area (TPSA) is 120 Å². The number of hydrogen-bond acceptors (Lipinski definition) is 10. The van der Waals surface area contributed by atoms with E-state index in [1.54, 1.807) is 6.07 Å². The molecule has 1 fully saturated rings. The van der Waals surface area contributed by atoms with Crippen LogP contribution in [-0.4, -0.2) is 72.9 Å². The number of esters is 1. The Kier molecular flexibility index (Phi) is 7.76. The van der Waals surface area contributed by atoms with Crippen molar-refractivity contribution < 1.29 is 19.3 Å². The Morgan fingerprint density at radius 1 is 1.23 bits per heavy atom. The number of ether oxygens (including phenoxy) is 1. The summed E-state index contributed by atoms with van der Waals surface area (Å²) in [5.41, 5.74) is 10.9. The van der Waals surface area contributed by atoms with Gasteiger partial charge in [0.25, 0.3) is 0 Å². The summed E-state index contributed by atoms with van der Waals surface area (Å²) in [7, 11) is 8.90. The fourth-order valence-corrected chi connectivity index (χ4v) is 5.35. The van der Waals surface area contributed by atoms with E-state index in [9.17, 15) is 4.79 Å². The zero-order chi connectivity index (χ0) is 28.4. The number of methoxy groups -OCH3 is 1. The van der Waals surface area contributed by atoms with Crippen LogP contribution in [0.25, 0.3) is 22.2 Å². The van der Waals surface area contributed by atoms with Gasteiger partial charge in [0.1, 0.15) is 5.56 Å². The molecule has 4 aromatic rings. The molecule has 1 atom stereocenters. The van der Waals surface area contributed by atoms with Crippen LogP contribution in [0.5, 0.6) is 5.75 Å². The van der Waals surface area contributed by atoms with Crippen molar-refractivity contribution in [1.82, 2.24) is 19.4 Å². The van der Waals surface area contributed by atoms with Gasteiger partial charge in [-0.1, -0.05) is 18.2 Å². The van der Waals surface area contributed by atoms with Crippen molar-refractivity contribution in [2.45, 2.75) is 18.9 Å². The van der Waals surface area contributed by atoms with Gasteiger partial charge in [-0.05, 0) is 38.6 Å². The fourth-order valence-electron chi connectivity index (χ4n) is 5.35. The monoisotopic (exact) mass is 545 g/mol. The van der Waals surface area contributed by atoms with E-state index in [1.807, 2.05) is 55.2 Å². The number of likely N-dealkylation sites (N-methyl/N-ethyl adjacent to an activating group) is 2. The largest absolute Gasteiger partial charge is 0.465 e. The minimum Gasteiger partial charge on any atom is -0.465 e. The second kappa shape index (κ2) is 11.4. The molecule has 0 amide bonds. The van der Waals surface area contributed by atoms with E-state index >= 15 is 0 Å². The lowest BCUT2D eigenvalue weighted by atomic mass is 10.1. The molecule has 5 rings (SSSR count). The van der Waals surface area contributed by atoms with Crippen LogP contribution in [0, 0.1) is 0 Å². The molecule has 1 saturated heterocycles. The predicted octanol–water partition coefficient (Wildman–Crippen LogP) is 4.22. The average Bonchev–Trinajstić information content (AvgIpc) is 3.51. The number of anilines is 4. The number of rotatable bonds is 9. The zero-order valence-corrected chi connectivity index (χ0v) is 23.5. The molecule has 2 aromatic carbocycles. The first-order valence-corrected chi connectivity index (χ1v) is 13.1. The second-order valence-corrected chi connectivity index (χ2v) is 10.1. The van der Waals surface area contributed by atoms with Crippen LogP contribution in [0.15, 0.2) is 48.8 Å². The van der Waals surface area contributed by atoms with Crippen LogP contribution in [0.4, 0.5) is 23.0 Å². The minimum absolute atomic E-state index is 0.254. The number of hydrogen-bond donors (Lipinski definition) is 2. The number of nitrogens with one attached hydrogen (secondary N) is 1. The quantitative estimate of drug-likeness (QED) is 0.137. The Morgan fingerprint density at radius 3 is 2.75 bits per heavy atom. The summed E-state index contributed by atoms with van der Waals surface area (Å²) in [5, 5.41) is 4.15. The van der Waals surface area contributed by atoms with Gasteiger partial charge < -0.3 is 35.0 Å². The molecule has 2 aromatic heterocycles.